The van der Waals surface area contributed by atoms with E-state index in [9.17, 15) is 13.6 Å². The molecule has 0 spiro atoms. The number of benzene rings is 1. The number of nitrogens with two attached hydrogens (primary N) is 1. The van der Waals surface area contributed by atoms with E-state index in [4.69, 9.17) is 5.73 Å². The van der Waals surface area contributed by atoms with E-state index in [1.807, 2.05) is 0 Å². The Bertz CT molecular complexity index is 480. The summed E-state index contributed by atoms with van der Waals surface area (Å²) in [6, 6.07) is 3.84. The van der Waals surface area contributed by atoms with Gasteiger partial charge in [-0.25, -0.2) is 0 Å². The van der Waals surface area contributed by atoms with Gasteiger partial charge in [-0.15, -0.1) is 8.78 Å². The largest absolute Gasteiger partial charge is 0.586 e. The Labute approximate surface area is 96.3 Å². The topological polar surface area (TPSA) is 61.6 Å². The fraction of sp³-hybridized carbons (Fsp3) is 0.364. The lowest BCUT2D eigenvalue weighted by molar-refractivity contribution is -0.286. The molecule has 1 heterocycles. The van der Waals surface area contributed by atoms with Crippen molar-refractivity contribution in [2.75, 3.05) is 0 Å². The van der Waals surface area contributed by atoms with Gasteiger partial charge in [0.1, 0.15) is 0 Å². The van der Waals surface area contributed by atoms with Crippen molar-refractivity contribution in [3.63, 3.8) is 0 Å². The fourth-order valence-corrected chi connectivity index (χ4v) is 1.46. The van der Waals surface area contributed by atoms with Crippen LogP contribution in [0.2, 0.25) is 0 Å². The van der Waals surface area contributed by atoms with Crippen molar-refractivity contribution >= 4 is 5.78 Å². The Balaban J connectivity index is 2.35. The van der Waals surface area contributed by atoms with Crippen LogP contribution in [0.1, 0.15) is 24.2 Å². The van der Waals surface area contributed by atoms with Crippen LogP contribution in [-0.4, -0.2) is 17.6 Å². The van der Waals surface area contributed by atoms with E-state index in [1.54, 1.807) is 0 Å². The Hall–Kier alpha value is -1.69. The molecule has 0 unspecified atom stereocenters. The van der Waals surface area contributed by atoms with Crippen LogP contribution in [0.4, 0.5) is 8.78 Å². The van der Waals surface area contributed by atoms with Crippen molar-refractivity contribution < 1.29 is 23.0 Å². The number of ether oxygens (including phenoxy) is 2. The molecule has 1 aromatic rings. The standard InChI is InChI=1S/C11H11F2NO3/c1-10(2,14)9(15)6-3-4-7-8(5-6)17-11(12,13)16-7/h3-5H,14H2,1-2H3. The quantitative estimate of drug-likeness (QED) is 0.806. The van der Waals surface area contributed by atoms with Crippen LogP contribution < -0.4 is 15.2 Å². The first-order valence-electron chi connectivity index (χ1n) is 4.93. The first-order chi connectivity index (χ1) is 7.69. The Morgan fingerprint density at radius 3 is 2.47 bits per heavy atom. The number of Topliss-reactive ketones (excluding diaryl/α,β-unsaturated/α-hetero) is 1. The summed E-state index contributed by atoms with van der Waals surface area (Å²) in [6.07, 6.45) is -3.68. The second-order valence-corrected chi connectivity index (χ2v) is 4.38. The van der Waals surface area contributed by atoms with Crippen molar-refractivity contribution in [3.05, 3.63) is 23.8 Å². The van der Waals surface area contributed by atoms with Gasteiger partial charge in [0.2, 0.25) is 0 Å². The molecule has 6 heteroatoms. The molecule has 0 amide bonds. The molecule has 0 fully saturated rings. The van der Waals surface area contributed by atoms with Crippen LogP contribution in [0.15, 0.2) is 18.2 Å². The number of halogens is 2. The zero-order chi connectivity index (χ0) is 12.8. The molecule has 0 aromatic heterocycles. The minimum absolute atomic E-state index is 0.0959. The zero-order valence-electron chi connectivity index (χ0n) is 9.29. The molecule has 17 heavy (non-hydrogen) atoms. The lowest BCUT2D eigenvalue weighted by Gasteiger charge is -2.16. The summed E-state index contributed by atoms with van der Waals surface area (Å²) >= 11 is 0. The van der Waals surface area contributed by atoms with Gasteiger partial charge in [0.15, 0.2) is 17.3 Å². The van der Waals surface area contributed by atoms with Crippen LogP contribution in [-0.2, 0) is 0 Å². The number of hydrogen-bond donors (Lipinski definition) is 1. The molecule has 0 saturated carbocycles. The number of carbonyl (C=O) groups excluding carboxylic acids is 1. The molecule has 1 aromatic carbocycles. The Kier molecular flexibility index (Phi) is 2.36. The third kappa shape index (κ3) is 2.21. The average molecular weight is 243 g/mol. The van der Waals surface area contributed by atoms with Gasteiger partial charge < -0.3 is 15.2 Å². The third-order valence-electron chi connectivity index (χ3n) is 2.25. The Morgan fingerprint density at radius 2 is 1.88 bits per heavy atom. The number of rotatable bonds is 2. The van der Waals surface area contributed by atoms with Crippen LogP contribution in [0.3, 0.4) is 0 Å². The Morgan fingerprint density at radius 1 is 1.29 bits per heavy atom. The van der Waals surface area contributed by atoms with E-state index in [2.05, 4.69) is 9.47 Å². The van der Waals surface area contributed by atoms with E-state index in [0.717, 1.165) is 0 Å². The fourth-order valence-electron chi connectivity index (χ4n) is 1.46. The van der Waals surface area contributed by atoms with Crippen molar-refractivity contribution in [1.29, 1.82) is 0 Å². The SMILES string of the molecule is CC(C)(N)C(=O)c1ccc2c(c1)OC(F)(F)O2. The van der Waals surface area contributed by atoms with Gasteiger partial charge in [0.25, 0.3) is 0 Å². The highest BCUT2D eigenvalue weighted by Crippen LogP contribution is 2.41. The van der Waals surface area contributed by atoms with Gasteiger partial charge in [0, 0.05) is 5.56 Å². The molecule has 0 saturated heterocycles. The van der Waals surface area contributed by atoms with Gasteiger partial charge in [-0.2, -0.15) is 0 Å². The normalized spacial score (nSPS) is 17.0. The van der Waals surface area contributed by atoms with E-state index < -0.39 is 11.8 Å². The highest BCUT2D eigenvalue weighted by atomic mass is 19.3. The second-order valence-electron chi connectivity index (χ2n) is 4.38. The molecule has 92 valence electrons. The first-order valence-corrected chi connectivity index (χ1v) is 4.93. The van der Waals surface area contributed by atoms with Crippen LogP contribution >= 0.6 is 0 Å². The van der Waals surface area contributed by atoms with Crippen molar-refractivity contribution in [1.82, 2.24) is 0 Å². The van der Waals surface area contributed by atoms with E-state index in [-0.39, 0.29) is 22.8 Å². The highest BCUT2D eigenvalue weighted by molar-refractivity contribution is 6.03. The maximum atomic E-state index is 12.7. The van der Waals surface area contributed by atoms with E-state index >= 15 is 0 Å². The first kappa shape index (κ1) is 11.8. The van der Waals surface area contributed by atoms with Gasteiger partial charge in [-0.05, 0) is 32.0 Å². The lowest BCUT2D eigenvalue weighted by Crippen LogP contribution is -2.41. The molecule has 4 nitrogen and oxygen atoms in total. The van der Waals surface area contributed by atoms with Crippen molar-refractivity contribution in [2.45, 2.75) is 25.7 Å². The maximum Gasteiger partial charge on any atom is 0.586 e. The second kappa shape index (κ2) is 3.40. The molecular formula is C11H11F2NO3. The van der Waals surface area contributed by atoms with Crippen LogP contribution in [0.25, 0.3) is 0 Å². The number of hydrogen-bond acceptors (Lipinski definition) is 4. The van der Waals surface area contributed by atoms with Crippen LogP contribution in [0.5, 0.6) is 11.5 Å². The van der Waals surface area contributed by atoms with E-state index in [1.165, 1.54) is 32.0 Å². The summed E-state index contributed by atoms with van der Waals surface area (Å²) in [5.74, 6) is -0.620. The van der Waals surface area contributed by atoms with Gasteiger partial charge >= 0.3 is 6.29 Å². The molecule has 0 bridgehead atoms. The minimum Gasteiger partial charge on any atom is -0.395 e. The summed E-state index contributed by atoms with van der Waals surface area (Å²) in [5.41, 5.74) is 4.77. The number of fused-ring (bicyclic) bond motifs is 1. The molecule has 2 N–H and O–H groups in total. The maximum absolute atomic E-state index is 12.7. The molecule has 0 radical (unpaired) electrons. The molecule has 2 rings (SSSR count). The van der Waals surface area contributed by atoms with Gasteiger partial charge in [0.05, 0.1) is 5.54 Å². The molecule has 0 aliphatic carbocycles. The lowest BCUT2D eigenvalue weighted by atomic mass is 9.94. The predicted molar refractivity (Wildman–Crippen MR) is 55.2 cm³/mol. The number of ketones is 1. The monoisotopic (exact) mass is 243 g/mol. The number of carbonyl (C=O) groups is 1. The predicted octanol–water partition coefficient (Wildman–Crippen LogP) is 1.93. The summed E-state index contributed by atoms with van der Waals surface area (Å²) < 4.78 is 34.0. The third-order valence-corrected chi connectivity index (χ3v) is 2.25. The van der Waals surface area contributed by atoms with Crippen molar-refractivity contribution in [2.24, 2.45) is 5.73 Å². The molecule has 1 aliphatic rings. The van der Waals surface area contributed by atoms with Crippen LogP contribution in [0, 0.1) is 0 Å². The van der Waals surface area contributed by atoms with E-state index in [0.29, 0.717) is 0 Å². The summed E-state index contributed by atoms with van der Waals surface area (Å²) in [6.45, 7) is 3.07. The molecular weight excluding hydrogens is 232 g/mol. The van der Waals surface area contributed by atoms with Gasteiger partial charge in [-0.3, -0.25) is 4.79 Å². The summed E-state index contributed by atoms with van der Waals surface area (Å²) in [7, 11) is 0. The summed E-state index contributed by atoms with van der Waals surface area (Å²) in [4.78, 5) is 11.8. The highest BCUT2D eigenvalue weighted by Gasteiger charge is 2.43. The average Bonchev–Trinajstić information content (AvgIpc) is 2.47. The molecule has 1 aliphatic heterocycles. The minimum atomic E-state index is -3.68. The zero-order valence-corrected chi connectivity index (χ0v) is 9.29. The number of alkyl halides is 2. The smallest absolute Gasteiger partial charge is 0.395 e. The summed E-state index contributed by atoms with van der Waals surface area (Å²) in [5, 5.41) is 0. The molecule has 0 atom stereocenters. The van der Waals surface area contributed by atoms with Crippen molar-refractivity contribution in [3.8, 4) is 11.5 Å². The van der Waals surface area contributed by atoms with Gasteiger partial charge in [-0.1, -0.05) is 0 Å².